The van der Waals surface area contributed by atoms with Crippen LogP contribution in [0, 0.1) is 0 Å². The fourth-order valence-electron chi connectivity index (χ4n) is 3.09. The maximum absolute atomic E-state index is 13.1. The number of nitrogens with zero attached hydrogens (tertiary/aromatic N) is 2. The molecule has 0 aromatic heterocycles. The van der Waals surface area contributed by atoms with Gasteiger partial charge in [0, 0.05) is 12.3 Å². The Hall–Kier alpha value is -3.06. The molecular weight excluding hydrogens is 356 g/mol. The summed E-state index contributed by atoms with van der Waals surface area (Å²) in [6, 6.07) is 14.2. The van der Waals surface area contributed by atoms with Gasteiger partial charge in [0.25, 0.3) is 0 Å². The number of phenols is 1. The van der Waals surface area contributed by atoms with Gasteiger partial charge >= 0.3 is 0 Å². The first-order valence-electron chi connectivity index (χ1n) is 9.20. The number of hydrogen-bond donors (Lipinski definition) is 3. The third-order valence-electron chi connectivity index (χ3n) is 4.55. The molecule has 1 aliphatic rings. The minimum atomic E-state index is -0.397. The molecule has 148 valence electrons. The van der Waals surface area contributed by atoms with Crippen molar-refractivity contribution in [3.05, 3.63) is 59.7 Å². The molecule has 0 spiro atoms. The molecule has 1 heterocycles. The normalized spacial score (nSPS) is 18.8. The third kappa shape index (κ3) is 4.80. The molecule has 0 aliphatic carbocycles. The highest BCUT2D eigenvalue weighted by Gasteiger charge is 2.38. The molecule has 1 aliphatic heterocycles. The number of carbonyl (C=O) groups is 1. The van der Waals surface area contributed by atoms with Crippen molar-refractivity contribution in [3.63, 3.8) is 0 Å². The van der Waals surface area contributed by atoms with E-state index in [1.54, 1.807) is 24.1 Å². The molecule has 0 radical (unpaired) electrons. The van der Waals surface area contributed by atoms with Crippen molar-refractivity contribution in [2.24, 2.45) is 5.10 Å². The van der Waals surface area contributed by atoms with Gasteiger partial charge in [-0.25, -0.2) is 0 Å². The van der Waals surface area contributed by atoms with Crippen LogP contribution in [-0.4, -0.2) is 41.1 Å². The lowest BCUT2D eigenvalue weighted by molar-refractivity contribution is -0.131. The van der Waals surface area contributed by atoms with Crippen molar-refractivity contribution >= 4 is 11.6 Å². The summed E-state index contributed by atoms with van der Waals surface area (Å²) in [6.07, 6.45) is 0.136. The third-order valence-corrected chi connectivity index (χ3v) is 4.55. The lowest BCUT2D eigenvalue weighted by Crippen LogP contribution is -2.46. The second-order valence-corrected chi connectivity index (χ2v) is 6.99. The summed E-state index contributed by atoms with van der Waals surface area (Å²) in [5, 5.41) is 17.0. The smallest absolute Gasteiger partial charge is 0.243 e. The van der Waals surface area contributed by atoms with Crippen molar-refractivity contribution in [3.8, 4) is 11.5 Å². The number of hydrazone groups is 1. The molecule has 3 N–H and O–H groups in total. The van der Waals surface area contributed by atoms with Gasteiger partial charge in [0.15, 0.2) is 6.29 Å². The van der Waals surface area contributed by atoms with Crippen molar-refractivity contribution < 1.29 is 14.6 Å². The molecule has 1 fully saturated rings. The van der Waals surface area contributed by atoms with Crippen LogP contribution < -0.4 is 15.5 Å². The van der Waals surface area contributed by atoms with Gasteiger partial charge in [-0.15, -0.1) is 0 Å². The molecule has 0 bridgehead atoms. The quantitative estimate of drug-likeness (QED) is 0.505. The van der Waals surface area contributed by atoms with Gasteiger partial charge in [-0.3, -0.25) is 15.5 Å². The number of phenolic OH excluding ortho intramolecular Hbond substituents is 1. The summed E-state index contributed by atoms with van der Waals surface area (Å²) >= 11 is 0. The first-order valence-corrected chi connectivity index (χ1v) is 9.20. The molecule has 2 atom stereocenters. The van der Waals surface area contributed by atoms with Crippen LogP contribution in [0.2, 0.25) is 0 Å². The van der Waals surface area contributed by atoms with E-state index in [9.17, 15) is 9.90 Å². The zero-order valence-corrected chi connectivity index (χ0v) is 16.3. The van der Waals surface area contributed by atoms with Gasteiger partial charge in [0.2, 0.25) is 5.91 Å². The number of methoxy groups -OCH3 is 1. The minimum Gasteiger partial charge on any atom is -0.508 e. The second-order valence-electron chi connectivity index (χ2n) is 6.99. The first-order chi connectivity index (χ1) is 13.5. The Morgan fingerprint density at radius 2 is 1.79 bits per heavy atom. The molecule has 1 amide bonds. The molecule has 2 aromatic rings. The molecule has 0 saturated carbocycles. The maximum atomic E-state index is 13.1. The fourth-order valence-corrected chi connectivity index (χ4v) is 3.09. The van der Waals surface area contributed by atoms with Crippen LogP contribution in [-0.2, 0) is 17.8 Å². The van der Waals surface area contributed by atoms with Gasteiger partial charge in [-0.05, 0) is 55.7 Å². The number of carbonyl (C=O) groups excluding carboxylic acids is 1. The van der Waals surface area contributed by atoms with E-state index >= 15 is 0 Å². The SMILES string of the molecule is COc1ccc(CN2C(=O)C(Cc3ccc(O)cc3)NC2NN=C(C)C)cc1. The Balaban J connectivity index is 1.76. The summed E-state index contributed by atoms with van der Waals surface area (Å²) in [7, 11) is 1.63. The zero-order chi connectivity index (χ0) is 20.1. The van der Waals surface area contributed by atoms with Gasteiger partial charge in [0.05, 0.1) is 13.2 Å². The molecule has 1 saturated heterocycles. The number of hydrogen-bond acceptors (Lipinski definition) is 6. The largest absolute Gasteiger partial charge is 0.508 e. The maximum Gasteiger partial charge on any atom is 0.243 e. The highest BCUT2D eigenvalue weighted by atomic mass is 16.5. The predicted octanol–water partition coefficient (Wildman–Crippen LogP) is 2.21. The molecule has 7 nitrogen and oxygen atoms in total. The fraction of sp³-hybridized carbons (Fsp3) is 0.333. The summed E-state index contributed by atoms with van der Waals surface area (Å²) < 4.78 is 5.20. The van der Waals surface area contributed by atoms with Crippen LogP contribution in [0.25, 0.3) is 0 Å². The van der Waals surface area contributed by atoms with Gasteiger partial charge in [-0.2, -0.15) is 5.10 Å². The van der Waals surface area contributed by atoms with Crippen LogP contribution >= 0.6 is 0 Å². The van der Waals surface area contributed by atoms with Gasteiger partial charge in [-0.1, -0.05) is 24.3 Å². The van der Waals surface area contributed by atoms with Crippen molar-refractivity contribution in [1.82, 2.24) is 15.6 Å². The van der Waals surface area contributed by atoms with Gasteiger partial charge in [0.1, 0.15) is 11.5 Å². The monoisotopic (exact) mass is 382 g/mol. The lowest BCUT2D eigenvalue weighted by Gasteiger charge is -2.24. The number of nitrogens with one attached hydrogen (secondary N) is 2. The van der Waals surface area contributed by atoms with Crippen LogP contribution in [0.4, 0.5) is 0 Å². The Kier molecular flexibility index (Phi) is 6.16. The van der Waals surface area contributed by atoms with Crippen LogP contribution in [0.5, 0.6) is 11.5 Å². The molecule has 2 aromatic carbocycles. The Morgan fingerprint density at radius 3 is 2.39 bits per heavy atom. The van der Waals surface area contributed by atoms with E-state index in [-0.39, 0.29) is 17.7 Å². The molecule has 3 rings (SSSR count). The summed E-state index contributed by atoms with van der Waals surface area (Å²) in [5.74, 6) is 0.994. The first kappa shape index (κ1) is 19.7. The van der Waals surface area contributed by atoms with E-state index in [1.807, 2.05) is 50.2 Å². The number of benzene rings is 2. The summed E-state index contributed by atoms with van der Waals surface area (Å²) in [4.78, 5) is 14.8. The second kappa shape index (κ2) is 8.75. The van der Waals surface area contributed by atoms with E-state index < -0.39 is 6.29 Å². The van der Waals surface area contributed by atoms with Crippen LogP contribution in [0.15, 0.2) is 53.6 Å². The molecule has 28 heavy (non-hydrogen) atoms. The average Bonchev–Trinajstić information content (AvgIpc) is 2.97. The van der Waals surface area contributed by atoms with Crippen molar-refractivity contribution in [2.75, 3.05) is 7.11 Å². The van der Waals surface area contributed by atoms with Crippen molar-refractivity contribution in [2.45, 2.75) is 39.1 Å². The highest BCUT2D eigenvalue weighted by Crippen LogP contribution is 2.20. The number of ether oxygens (including phenoxy) is 1. The number of amides is 1. The van der Waals surface area contributed by atoms with E-state index in [4.69, 9.17) is 4.74 Å². The minimum absolute atomic E-state index is 0.00495. The topological polar surface area (TPSA) is 86.2 Å². The number of rotatable bonds is 7. The highest BCUT2D eigenvalue weighted by molar-refractivity contribution is 5.84. The molecular formula is C21H26N4O3. The molecule has 2 unspecified atom stereocenters. The molecule has 7 heteroatoms. The van der Waals surface area contributed by atoms with Gasteiger partial charge < -0.3 is 14.7 Å². The van der Waals surface area contributed by atoms with E-state index in [1.165, 1.54) is 0 Å². The Bertz CT molecular complexity index is 830. The summed E-state index contributed by atoms with van der Waals surface area (Å²) in [6.45, 7) is 4.24. The lowest BCUT2D eigenvalue weighted by atomic mass is 10.1. The Morgan fingerprint density at radius 1 is 1.14 bits per heavy atom. The number of aromatic hydroxyl groups is 1. The van der Waals surface area contributed by atoms with E-state index in [0.717, 1.165) is 22.6 Å². The Labute approximate surface area is 165 Å². The average molecular weight is 382 g/mol. The van der Waals surface area contributed by atoms with Crippen molar-refractivity contribution in [1.29, 1.82) is 0 Å². The van der Waals surface area contributed by atoms with E-state index in [2.05, 4.69) is 15.8 Å². The van der Waals surface area contributed by atoms with E-state index in [0.29, 0.717) is 13.0 Å². The van der Waals surface area contributed by atoms with Crippen LogP contribution in [0.3, 0.4) is 0 Å². The van der Waals surface area contributed by atoms with Crippen LogP contribution in [0.1, 0.15) is 25.0 Å². The zero-order valence-electron chi connectivity index (χ0n) is 16.3. The standard InChI is InChI=1S/C21H26N4O3/c1-14(2)23-24-21-22-19(12-15-4-8-17(26)9-5-15)20(27)25(21)13-16-6-10-18(28-3)11-7-16/h4-11,19,21-22,24,26H,12-13H2,1-3H3. The summed E-state index contributed by atoms with van der Waals surface area (Å²) in [5.41, 5.74) is 5.90. The predicted molar refractivity (Wildman–Crippen MR) is 108 cm³/mol.